The number of nitrogens with zero attached hydrogens (tertiary/aromatic N) is 1. The normalized spacial score (nSPS) is 16.6. The van der Waals surface area contributed by atoms with Crippen LogP contribution in [-0.4, -0.2) is 31.7 Å². The molecule has 5 nitrogen and oxygen atoms in total. The predicted octanol–water partition coefficient (Wildman–Crippen LogP) is 6.77. The van der Waals surface area contributed by atoms with Crippen molar-refractivity contribution in [1.29, 1.82) is 0 Å². The smallest absolute Gasteiger partial charge is 0.228 e. The van der Waals surface area contributed by atoms with Gasteiger partial charge in [0.25, 0.3) is 0 Å². The third-order valence-corrected chi connectivity index (χ3v) is 9.66. The molecule has 0 aromatic heterocycles. The standard InChI is InChI=1S/C27H28Cl2N2O3S2/c1-19-14-20(17-35-24-7-3-2-4-8-24)9-12-26(19)30-27(32)21-6-5-13-31(16-21)36(33,34)18-22-10-11-23(28)15-25(22)29/h2-4,7-12,14-15,21H,5-6,13,16-18H2,1H3,(H,30,32). The van der Waals surface area contributed by atoms with E-state index in [2.05, 4.69) is 23.5 Å². The number of piperidine rings is 1. The third kappa shape index (κ3) is 7.05. The Kier molecular flexibility index (Phi) is 9.01. The van der Waals surface area contributed by atoms with E-state index in [0.29, 0.717) is 35.0 Å². The number of hydrogen-bond donors (Lipinski definition) is 1. The molecule has 36 heavy (non-hydrogen) atoms. The second-order valence-corrected chi connectivity index (χ2v) is 12.8. The summed E-state index contributed by atoms with van der Waals surface area (Å²) in [5, 5.41) is 3.79. The van der Waals surface area contributed by atoms with Crippen molar-refractivity contribution in [2.24, 2.45) is 5.92 Å². The van der Waals surface area contributed by atoms with Crippen molar-refractivity contribution < 1.29 is 13.2 Å². The number of carbonyl (C=O) groups is 1. The summed E-state index contributed by atoms with van der Waals surface area (Å²) in [4.78, 5) is 14.3. The Balaban J connectivity index is 1.36. The van der Waals surface area contributed by atoms with E-state index in [1.165, 1.54) is 20.8 Å². The fourth-order valence-electron chi connectivity index (χ4n) is 4.21. The molecule has 1 amide bonds. The van der Waals surface area contributed by atoms with Crippen LogP contribution >= 0.6 is 35.0 Å². The molecule has 1 unspecified atom stereocenters. The minimum atomic E-state index is -3.63. The number of hydrogen-bond acceptors (Lipinski definition) is 4. The van der Waals surface area contributed by atoms with E-state index in [0.717, 1.165) is 17.0 Å². The highest BCUT2D eigenvalue weighted by Crippen LogP contribution is 2.28. The molecule has 9 heteroatoms. The Bertz CT molecular complexity index is 1330. The molecule has 0 saturated carbocycles. The second kappa shape index (κ2) is 12.0. The molecule has 1 atom stereocenters. The summed E-state index contributed by atoms with van der Waals surface area (Å²) >= 11 is 13.9. The maximum atomic E-state index is 13.1. The number of halogens is 2. The number of benzene rings is 3. The summed E-state index contributed by atoms with van der Waals surface area (Å²) in [5.41, 5.74) is 3.40. The van der Waals surface area contributed by atoms with Crippen molar-refractivity contribution in [2.45, 2.75) is 36.2 Å². The van der Waals surface area contributed by atoms with Gasteiger partial charge in [-0.3, -0.25) is 4.79 Å². The number of carbonyl (C=O) groups excluding carboxylic acids is 1. The van der Waals surface area contributed by atoms with E-state index in [4.69, 9.17) is 23.2 Å². The van der Waals surface area contributed by atoms with Gasteiger partial charge >= 0.3 is 0 Å². The Morgan fingerprint density at radius 1 is 1.08 bits per heavy atom. The molecule has 190 valence electrons. The predicted molar refractivity (Wildman–Crippen MR) is 149 cm³/mol. The van der Waals surface area contributed by atoms with Crippen LogP contribution in [0.4, 0.5) is 5.69 Å². The number of aryl methyl sites for hydroxylation is 1. The molecule has 4 rings (SSSR count). The number of rotatable bonds is 8. The topological polar surface area (TPSA) is 66.5 Å². The Morgan fingerprint density at radius 2 is 1.86 bits per heavy atom. The molecule has 1 aliphatic rings. The van der Waals surface area contributed by atoms with E-state index >= 15 is 0 Å². The minimum absolute atomic E-state index is 0.157. The second-order valence-electron chi connectivity index (χ2n) is 8.93. The van der Waals surface area contributed by atoms with Crippen LogP contribution in [0.15, 0.2) is 71.6 Å². The molecule has 1 saturated heterocycles. The van der Waals surface area contributed by atoms with Gasteiger partial charge < -0.3 is 5.32 Å². The average Bonchev–Trinajstić information content (AvgIpc) is 2.86. The maximum absolute atomic E-state index is 13.1. The summed E-state index contributed by atoms with van der Waals surface area (Å²) in [7, 11) is -3.63. The highest BCUT2D eigenvalue weighted by molar-refractivity contribution is 7.98. The molecular formula is C27H28Cl2N2O3S2. The van der Waals surface area contributed by atoms with Crippen LogP contribution in [0.3, 0.4) is 0 Å². The first-order valence-electron chi connectivity index (χ1n) is 11.7. The van der Waals surface area contributed by atoms with Gasteiger partial charge in [0.2, 0.25) is 15.9 Å². The monoisotopic (exact) mass is 562 g/mol. The van der Waals surface area contributed by atoms with Gasteiger partial charge in [0.15, 0.2) is 0 Å². The molecule has 3 aromatic carbocycles. The zero-order valence-electron chi connectivity index (χ0n) is 19.9. The van der Waals surface area contributed by atoms with Gasteiger partial charge in [-0.05, 0) is 66.8 Å². The molecule has 0 bridgehead atoms. The van der Waals surface area contributed by atoms with Gasteiger partial charge in [-0.25, -0.2) is 12.7 Å². The van der Waals surface area contributed by atoms with Gasteiger partial charge in [-0.2, -0.15) is 0 Å². The fourth-order valence-corrected chi connectivity index (χ4v) is 7.27. The van der Waals surface area contributed by atoms with E-state index in [1.54, 1.807) is 23.9 Å². The number of nitrogens with one attached hydrogen (secondary N) is 1. The first-order chi connectivity index (χ1) is 17.2. The van der Waals surface area contributed by atoms with Crippen molar-refractivity contribution >= 4 is 56.6 Å². The summed E-state index contributed by atoms with van der Waals surface area (Å²) in [6, 6.07) is 21.0. The van der Waals surface area contributed by atoms with Crippen molar-refractivity contribution in [3.05, 3.63) is 93.5 Å². The minimum Gasteiger partial charge on any atom is -0.326 e. The van der Waals surface area contributed by atoms with Crippen LogP contribution in [0.2, 0.25) is 10.0 Å². The first kappa shape index (κ1) is 27.0. The van der Waals surface area contributed by atoms with Crippen LogP contribution in [0.1, 0.15) is 29.5 Å². The van der Waals surface area contributed by atoms with E-state index < -0.39 is 15.9 Å². The highest BCUT2D eigenvalue weighted by Gasteiger charge is 2.33. The maximum Gasteiger partial charge on any atom is 0.228 e. The fraction of sp³-hybridized carbons (Fsp3) is 0.296. The summed E-state index contributed by atoms with van der Waals surface area (Å²) < 4.78 is 27.6. The molecular weight excluding hydrogens is 535 g/mol. The summed E-state index contributed by atoms with van der Waals surface area (Å²) in [5.74, 6) is 0.0429. The first-order valence-corrected chi connectivity index (χ1v) is 15.1. The molecule has 0 radical (unpaired) electrons. The summed E-state index contributed by atoms with van der Waals surface area (Å²) in [6.07, 6.45) is 1.27. The van der Waals surface area contributed by atoms with E-state index in [-0.39, 0.29) is 18.2 Å². The zero-order chi connectivity index (χ0) is 25.7. The third-order valence-electron chi connectivity index (χ3n) is 6.20. The lowest BCUT2D eigenvalue weighted by Gasteiger charge is -2.31. The lowest BCUT2D eigenvalue weighted by atomic mass is 9.98. The molecule has 1 fully saturated rings. The summed E-state index contributed by atoms with van der Waals surface area (Å²) in [6.45, 7) is 2.52. The Hall–Kier alpha value is -2.03. The van der Waals surface area contributed by atoms with E-state index in [1.807, 2.05) is 37.3 Å². The highest BCUT2D eigenvalue weighted by atomic mass is 35.5. The number of amides is 1. The van der Waals surface area contributed by atoms with Crippen molar-refractivity contribution in [3.63, 3.8) is 0 Å². The van der Waals surface area contributed by atoms with Crippen molar-refractivity contribution in [1.82, 2.24) is 4.31 Å². The van der Waals surface area contributed by atoms with Crippen LogP contribution in [0.5, 0.6) is 0 Å². The van der Waals surface area contributed by atoms with Crippen molar-refractivity contribution in [2.75, 3.05) is 18.4 Å². The SMILES string of the molecule is Cc1cc(CSc2ccccc2)ccc1NC(=O)C1CCCN(S(=O)(=O)Cc2ccc(Cl)cc2Cl)C1. The van der Waals surface area contributed by atoms with Gasteiger partial charge in [-0.1, -0.05) is 59.6 Å². The number of anilines is 1. The zero-order valence-corrected chi connectivity index (χ0v) is 23.1. The quantitative estimate of drug-likeness (QED) is 0.307. The van der Waals surface area contributed by atoms with Gasteiger partial charge in [0.05, 0.1) is 11.7 Å². The Labute approximate surface area is 227 Å². The molecule has 0 aliphatic carbocycles. The Morgan fingerprint density at radius 3 is 2.58 bits per heavy atom. The van der Waals surface area contributed by atoms with Gasteiger partial charge in [0.1, 0.15) is 0 Å². The van der Waals surface area contributed by atoms with Crippen LogP contribution in [0, 0.1) is 12.8 Å². The van der Waals surface area contributed by atoms with Gasteiger partial charge in [0, 0.05) is 39.5 Å². The number of sulfonamides is 1. The average molecular weight is 564 g/mol. The van der Waals surface area contributed by atoms with Crippen LogP contribution < -0.4 is 5.32 Å². The molecule has 1 aliphatic heterocycles. The number of thioether (sulfide) groups is 1. The molecule has 0 spiro atoms. The molecule has 1 N–H and O–H groups in total. The van der Waals surface area contributed by atoms with E-state index in [9.17, 15) is 13.2 Å². The van der Waals surface area contributed by atoms with Crippen molar-refractivity contribution in [3.8, 4) is 0 Å². The molecule has 1 heterocycles. The van der Waals surface area contributed by atoms with Crippen LogP contribution in [-0.2, 0) is 26.3 Å². The lowest BCUT2D eigenvalue weighted by Crippen LogP contribution is -2.44. The lowest BCUT2D eigenvalue weighted by molar-refractivity contribution is -0.120. The molecule has 3 aromatic rings. The van der Waals surface area contributed by atoms with Gasteiger partial charge in [-0.15, -0.1) is 11.8 Å². The van der Waals surface area contributed by atoms with Crippen LogP contribution in [0.25, 0.3) is 0 Å². The largest absolute Gasteiger partial charge is 0.326 e.